The molecular weight excluding hydrogens is 346 g/mol. The first kappa shape index (κ1) is 17.2. The standard InChI is InChI=1S/C18H21N7O2/c1-11-8-20-18(23-14-6-7-21-25(14)2)24-15(11)13-10-27-17(22-13)16(26)19-9-12-4-3-5-12/h6-8,10,12H,3-5,9H2,1-2H3,(H,19,26)(H,20,23,24). The maximum Gasteiger partial charge on any atom is 0.307 e. The van der Waals surface area contributed by atoms with Crippen molar-refractivity contribution in [1.29, 1.82) is 0 Å². The number of anilines is 2. The van der Waals surface area contributed by atoms with E-state index in [-0.39, 0.29) is 11.8 Å². The van der Waals surface area contributed by atoms with Gasteiger partial charge in [-0.1, -0.05) is 6.42 Å². The molecule has 0 spiro atoms. The van der Waals surface area contributed by atoms with Gasteiger partial charge in [0.25, 0.3) is 5.89 Å². The van der Waals surface area contributed by atoms with E-state index in [0.29, 0.717) is 29.8 Å². The van der Waals surface area contributed by atoms with Crippen molar-refractivity contribution in [2.75, 3.05) is 11.9 Å². The van der Waals surface area contributed by atoms with Crippen molar-refractivity contribution in [2.45, 2.75) is 26.2 Å². The summed E-state index contributed by atoms with van der Waals surface area (Å²) in [6, 6.07) is 1.82. The van der Waals surface area contributed by atoms with Crippen molar-refractivity contribution in [3.63, 3.8) is 0 Å². The molecule has 1 aliphatic rings. The number of carbonyl (C=O) groups excluding carboxylic acids is 1. The highest BCUT2D eigenvalue weighted by Crippen LogP contribution is 2.25. The molecule has 1 aliphatic carbocycles. The highest BCUT2D eigenvalue weighted by molar-refractivity contribution is 5.90. The number of nitrogens with one attached hydrogen (secondary N) is 2. The highest BCUT2D eigenvalue weighted by Gasteiger charge is 2.21. The molecule has 140 valence electrons. The second kappa shape index (κ2) is 7.18. The maximum absolute atomic E-state index is 12.2. The summed E-state index contributed by atoms with van der Waals surface area (Å²) >= 11 is 0. The van der Waals surface area contributed by atoms with Crippen LogP contribution in [0.2, 0.25) is 0 Å². The predicted molar refractivity (Wildman–Crippen MR) is 98.4 cm³/mol. The molecular formula is C18H21N7O2. The molecule has 4 rings (SSSR count). The fourth-order valence-electron chi connectivity index (χ4n) is 2.87. The van der Waals surface area contributed by atoms with Crippen LogP contribution in [0.5, 0.6) is 0 Å². The maximum atomic E-state index is 12.2. The second-order valence-corrected chi connectivity index (χ2v) is 6.74. The van der Waals surface area contributed by atoms with Crippen LogP contribution in [-0.4, -0.2) is 37.2 Å². The summed E-state index contributed by atoms with van der Waals surface area (Å²) in [5.74, 6) is 1.50. The Bertz CT molecular complexity index is 958. The lowest BCUT2D eigenvalue weighted by molar-refractivity contribution is 0.0904. The van der Waals surface area contributed by atoms with Gasteiger partial charge in [0, 0.05) is 25.9 Å². The average molecular weight is 367 g/mol. The topological polar surface area (TPSA) is 111 Å². The van der Waals surface area contributed by atoms with Gasteiger partial charge in [0.2, 0.25) is 5.95 Å². The lowest BCUT2D eigenvalue weighted by Crippen LogP contribution is -2.32. The molecule has 2 N–H and O–H groups in total. The molecule has 0 bridgehead atoms. The Morgan fingerprint density at radius 1 is 1.37 bits per heavy atom. The van der Waals surface area contributed by atoms with Gasteiger partial charge in [0.05, 0.1) is 6.20 Å². The molecule has 9 nitrogen and oxygen atoms in total. The third-order valence-corrected chi connectivity index (χ3v) is 4.75. The first-order chi connectivity index (χ1) is 13.1. The Balaban J connectivity index is 1.50. The summed E-state index contributed by atoms with van der Waals surface area (Å²) < 4.78 is 7.05. The van der Waals surface area contributed by atoms with E-state index < -0.39 is 0 Å². The molecule has 0 aromatic carbocycles. The number of hydrogen-bond acceptors (Lipinski definition) is 7. The first-order valence-corrected chi connectivity index (χ1v) is 8.93. The van der Waals surface area contributed by atoms with Gasteiger partial charge in [-0.15, -0.1) is 0 Å². The SMILES string of the molecule is Cc1cnc(Nc2ccnn2C)nc1-c1coc(C(=O)NCC2CCC2)n1. The van der Waals surface area contributed by atoms with E-state index in [2.05, 4.69) is 30.7 Å². The second-order valence-electron chi connectivity index (χ2n) is 6.74. The van der Waals surface area contributed by atoms with Crippen LogP contribution in [0.15, 0.2) is 29.1 Å². The van der Waals surface area contributed by atoms with Crippen molar-refractivity contribution in [1.82, 2.24) is 30.0 Å². The molecule has 3 aromatic rings. The molecule has 3 aromatic heterocycles. The molecule has 0 aliphatic heterocycles. The van der Waals surface area contributed by atoms with E-state index >= 15 is 0 Å². The van der Waals surface area contributed by atoms with Crippen LogP contribution in [0.4, 0.5) is 11.8 Å². The van der Waals surface area contributed by atoms with Crippen molar-refractivity contribution in [3.8, 4) is 11.4 Å². The minimum atomic E-state index is -0.298. The molecule has 0 atom stereocenters. The van der Waals surface area contributed by atoms with E-state index in [1.54, 1.807) is 17.1 Å². The van der Waals surface area contributed by atoms with Crippen molar-refractivity contribution in [2.24, 2.45) is 13.0 Å². The van der Waals surface area contributed by atoms with E-state index in [9.17, 15) is 4.79 Å². The summed E-state index contributed by atoms with van der Waals surface area (Å²) in [4.78, 5) is 25.3. The van der Waals surface area contributed by atoms with Crippen molar-refractivity contribution < 1.29 is 9.21 Å². The third kappa shape index (κ3) is 3.67. The zero-order chi connectivity index (χ0) is 18.8. The number of aromatic nitrogens is 5. The van der Waals surface area contributed by atoms with Gasteiger partial charge in [0.15, 0.2) is 0 Å². The molecule has 1 fully saturated rings. The number of amides is 1. The van der Waals surface area contributed by atoms with Crippen molar-refractivity contribution in [3.05, 3.63) is 36.2 Å². The monoisotopic (exact) mass is 367 g/mol. The third-order valence-electron chi connectivity index (χ3n) is 4.75. The zero-order valence-electron chi connectivity index (χ0n) is 15.3. The van der Waals surface area contributed by atoms with E-state index in [1.165, 1.54) is 25.5 Å². The van der Waals surface area contributed by atoms with Crippen LogP contribution in [0.1, 0.15) is 35.5 Å². The van der Waals surface area contributed by atoms with Gasteiger partial charge in [-0.3, -0.25) is 9.48 Å². The Morgan fingerprint density at radius 3 is 2.93 bits per heavy atom. The van der Waals surface area contributed by atoms with Gasteiger partial charge in [-0.25, -0.2) is 15.0 Å². The molecule has 3 heterocycles. The predicted octanol–water partition coefficient (Wildman–Crippen LogP) is 2.45. The fourth-order valence-corrected chi connectivity index (χ4v) is 2.87. The largest absolute Gasteiger partial charge is 0.440 e. The van der Waals surface area contributed by atoms with Crippen LogP contribution in [0, 0.1) is 12.8 Å². The van der Waals surface area contributed by atoms with E-state index in [0.717, 1.165) is 11.4 Å². The summed E-state index contributed by atoms with van der Waals surface area (Å²) in [7, 11) is 1.82. The van der Waals surface area contributed by atoms with E-state index in [1.807, 2.05) is 20.0 Å². The van der Waals surface area contributed by atoms with Gasteiger partial charge in [-0.05, 0) is 31.2 Å². The highest BCUT2D eigenvalue weighted by atomic mass is 16.4. The van der Waals surface area contributed by atoms with Crippen LogP contribution in [-0.2, 0) is 7.05 Å². The summed E-state index contributed by atoms with van der Waals surface area (Å²) in [5.41, 5.74) is 1.94. The van der Waals surface area contributed by atoms with E-state index in [4.69, 9.17) is 4.42 Å². The Morgan fingerprint density at radius 2 is 2.22 bits per heavy atom. The number of oxazole rings is 1. The number of nitrogens with zero attached hydrogens (tertiary/aromatic N) is 5. The molecule has 0 saturated heterocycles. The average Bonchev–Trinajstić information content (AvgIpc) is 3.25. The molecule has 27 heavy (non-hydrogen) atoms. The Kier molecular flexibility index (Phi) is 4.57. The number of aryl methyl sites for hydroxylation is 2. The smallest absolute Gasteiger partial charge is 0.307 e. The molecule has 0 radical (unpaired) electrons. The number of rotatable bonds is 6. The molecule has 0 unspecified atom stereocenters. The quantitative estimate of drug-likeness (QED) is 0.688. The normalized spacial score (nSPS) is 14.0. The van der Waals surface area contributed by atoms with Crippen LogP contribution in [0.25, 0.3) is 11.4 Å². The van der Waals surface area contributed by atoms with Gasteiger partial charge >= 0.3 is 5.91 Å². The van der Waals surface area contributed by atoms with Gasteiger partial charge < -0.3 is 15.1 Å². The van der Waals surface area contributed by atoms with Gasteiger partial charge in [-0.2, -0.15) is 5.10 Å². The molecule has 1 saturated carbocycles. The van der Waals surface area contributed by atoms with Crippen LogP contribution in [0.3, 0.4) is 0 Å². The van der Waals surface area contributed by atoms with Gasteiger partial charge in [0.1, 0.15) is 23.5 Å². The lowest BCUT2D eigenvalue weighted by atomic mass is 9.85. The van der Waals surface area contributed by atoms with Crippen molar-refractivity contribution >= 4 is 17.7 Å². The van der Waals surface area contributed by atoms with Crippen LogP contribution < -0.4 is 10.6 Å². The summed E-state index contributed by atoms with van der Waals surface area (Å²) in [5, 5.41) is 10.1. The lowest BCUT2D eigenvalue weighted by Gasteiger charge is -2.24. The molecule has 1 amide bonds. The number of carbonyl (C=O) groups is 1. The zero-order valence-corrected chi connectivity index (χ0v) is 15.3. The fraction of sp³-hybridized carbons (Fsp3) is 0.389. The number of hydrogen-bond donors (Lipinski definition) is 2. The summed E-state index contributed by atoms with van der Waals surface area (Å²) in [6.45, 7) is 2.55. The Hall–Kier alpha value is -3.23. The minimum absolute atomic E-state index is 0.0449. The summed E-state index contributed by atoms with van der Waals surface area (Å²) in [6.07, 6.45) is 8.41. The Labute approximate surface area is 156 Å². The van der Waals surface area contributed by atoms with Crippen LogP contribution >= 0.6 is 0 Å². The minimum Gasteiger partial charge on any atom is -0.440 e. The molecule has 9 heteroatoms. The first-order valence-electron chi connectivity index (χ1n) is 8.93.